The van der Waals surface area contributed by atoms with E-state index in [1.54, 1.807) is 0 Å². The first-order valence-electron chi connectivity index (χ1n) is 6.73. The Morgan fingerprint density at radius 3 is 2.32 bits per heavy atom. The van der Waals surface area contributed by atoms with E-state index in [4.69, 9.17) is 5.11 Å². The standard InChI is InChI=1S/C13H24N2O4/c1-12(6-4-3-5-7-12)8-14-11(18)15-9-13(2,19)10(16)17/h19H,3-9H2,1-2H3,(H,16,17)(H2,14,15,18). The van der Waals surface area contributed by atoms with Crippen LogP contribution in [0.25, 0.3) is 0 Å². The zero-order chi connectivity index (χ0) is 14.5. The number of carboxylic acid groups (broad SMARTS) is 1. The largest absolute Gasteiger partial charge is 0.479 e. The van der Waals surface area contributed by atoms with Gasteiger partial charge in [-0.05, 0) is 25.2 Å². The van der Waals surface area contributed by atoms with Gasteiger partial charge in [0.2, 0.25) is 0 Å². The zero-order valence-electron chi connectivity index (χ0n) is 11.7. The van der Waals surface area contributed by atoms with E-state index in [2.05, 4.69) is 17.6 Å². The molecule has 6 nitrogen and oxygen atoms in total. The van der Waals surface area contributed by atoms with Crippen LogP contribution in [0.15, 0.2) is 0 Å². The average molecular weight is 272 g/mol. The van der Waals surface area contributed by atoms with Gasteiger partial charge in [0.05, 0.1) is 6.54 Å². The Bertz CT molecular complexity index is 336. The predicted octanol–water partition coefficient (Wildman–Crippen LogP) is 1.09. The summed E-state index contributed by atoms with van der Waals surface area (Å²) in [6.45, 7) is 3.57. The van der Waals surface area contributed by atoms with Crippen LogP contribution in [-0.4, -0.2) is 40.9 Å². The van der Waals surface area contributed by atoms with Crippen LogP contribution < -0.4 is 10.6 Å². The van der Waals surface area contributed by atoms with E-state index >= 15 is 0 Å². The molecule has 6 heteroatoms. The predicted molar refractivity (Wildman–Crippen MR) is 70.9 cm³/mol. The fourth-order valence-electron chi connectivity index (χ4n) is 2.27. The Hall–Kier alpha value is -1.30. The van der Waals surface area contributed by atoms with Gasteiger partial charge in [0.15, 0.2) is 5.60 Å². The SMILES string of the molecule is CC1(CNC(=O)NCC(C)(O)C(=O)O)CCCCC1. The number of nitrogens with one attached hydrogen (secondary N) is 2. The molecule has 1 atom stereocenters. The lowest BCUT2D eigenvalue weighted by Crippen LogP contribution is -2.50. The van der Waals surface area contributed by atoms with Crippen LogP contribution in [0.1, 0.15) is 46.0 Å². The van der Waals surface area contributed by atoms with Gasteiger partial charge >= 0.3 is 12.0 Å². The minimum absolute atomic E-state index is 0.130. The molecule has 0 aliphatic heterocycles. The highest BCUT2D eigenvalue weighted by atomic mass is 16.4. The highest BCUT2D eigenvalue weighted by Crippen LogP contribution is 2.34. The van der Waals surface area contributed by atoms with E-state index in [1.165, 1.54) is 19.3 Å². The summed E-state index contributed by atoms with van der Waals surface area (Å²) in [6.07, 6.45) is 5.82. The molecule has 110 valence electrons. The molecule has 0 aromatic rings. The summed E-state index contributed by atoms with van der Waals surface area (Å²) in [5.41, 5.74) is -1.81. The molecule has 1 aliphatic carbocycles. The molecular formula is C13H24N2O4. The smallest absolute Gasteiger partial charge is 0.337 e. The first-order chi connectivity index (χ1) is 8.75. The van der Waals surface area contributed by atoms with Crippen LogP contribution in [0, 0.1) is 5.41 Å². The van der Waals surface area contributed by atoms with E-state index in [9.17, 15) is 14.7 Å². The third-order valence-corrected chi connectivity index (χ3v) is 3.79. The van der Waals surface area contributed by atoms with E-state index in [0.717, 1.165) is 19.8 Å². The molecule has 0 aromatic heterocycles. The maximum absolute atomic E-state index is 11.6. The lowest BCUT2D eigenvalue weighted by molar-refractivity contribution is -0.155. The lowest BCUT2D eigenvalue weighted by atomic mass is 9.76. The zero-order valence-corrected chi connectivity index (χ0v) is 11.7. The molecule has 0 heterocycles. The normalized spacial score (nSPS) is 21.2. The van der Waals surface area contributed by atoms with Gasteiger partial charge < -0.3 is 20.8 Å². The van der Waals surface area contributed by atoms with Crippen LogP contribution in [0.2, 0.25) is 0 Å². The summed E-state index contributed by atoms with van der Waals surface area (Å²) in [6, 6.07) is -0.437. The first kappa shape index (κ1) is 15.8. The van der Waals surface area contributed by atoms with Crippen molar-refractivity contribution in [1.29, 1.82) is 0 Å². The van der Waals surface area contributed by atoms with E-state index < -0.39 is 17.6 Å². The van der Waals surface area contributed by atoms with Gasteiger partial charge in [0, 0.05) is 6.54 Å². The number of carbonyl (C=O) groups excluding carboxylic acids is 1. The summed E-state index contributed by atoms with van der Waals surface area (Å²) < 4.78 is 0. The number of aliphatic carboxylic acids is 1. The Kier molecular flexibility index (Phi) is 5.17. The molecule has 1 unspecified atom stereocenters. The fourth-order valence-corrected chi connectivity index (χ4v) is 2.27. The maximum atomic E-state index is 11.6. The van der Waals surface area contributed by atoms with Gasteiger partial charge in [-0.1, -0.05) is 26.2 Å². The van der Waals surface area contributed by atoms with Crippen molar-refractivity contribution >= 4 is 12.0 Å². The third kappa shape index (κ3) is 5.06. The van der Waals surface area contributed by atoms with Crippen LogP contribution in [-0.2, 0) is 4.79 Å². The molecule has 19 heavy (non-hydrogen) atoms. The molecule has 2 amide bonds. The highest BCUT2D eigenvalue weighted by molar-refractivity contribution is 5.79. The molecule has 1 rings (SSSR count). The van der Waals surface area contributed by atoms with Crippen molar-refractivity contribution in [3.63, 3.8) is 0 Å². The second-order valence-corrected chi connectivity index (χ2v) is 5.99. The Balaban J connectivity index is 2.30. The summed E-state index contributed by atoms with van der Waals surface area (Å²) >= 11 is 0. The monoisotopic (exact) mass is 272 g/mol. The molecule has 0 saturated heterocycles. The first-order valence-corrected chi connectivity index (χ1v) is 6.73. The van der Waals surface area contributed by atoms with E-state index in [1.807, 2.05) is 0 Å². The van der Waals surface area contributed by atoms with Crippen molar-refractivity contribution in [3.8, 4) is 0 Å². The van der Waals surface area contributed by atoms with Crippen LogP contribution in [0.4, 0.5) is 4.79 Å². The lowest BCUT2D eigenvalue weighted by Gasteiger charge is -2.33. The molecule has 0 spiro atoms. The van der Waals surface area contributed by atoms with Crippen molar-refractivity contribution in [1.82, 2.24) is 10.6 Å². The van der Waals surface area contributed by atoms with Crippen LogP contribution in [0.3, 0.4) is 0 Å². The van der Waals surface area contributed by atoms with Gasteiger partial charge in [0.1, 0.15) is 0 Å². The van der Waals surface area contributed by atoms with E-state index in [0.29, 0.717) is 6.54 Å². The summed E-state index contributed by atoms with van der Waals surface area (Å²) in [4.78, 5) is 22.2. The number of rotatable bonds is 5. The van der Waals surface area contributed by atoms with Gasteiger partial charge in [-0.15, -0.1) is 0 Å². The average Bonchev–Trinajstić information content (AvgIpc) is 2.35. The number of hydrogen-bond acceptors (Lipinski definition) is 3. The number of carbonyl (C=O) groups is 2. The minimum atomic E-state index is -1.94. The van der Waals surface area contributed by atoms with Gasteiger partial charge in [-0.25, -0.2) is 9.59 Å². The fraction of sp³-hybridized carbons (Fsp3) is 0.846. The van der Waals surface area contributed by atoms with Crippen LogP contribution >= 0.6 is 0 Å². The van der Waals surface area contributed by atoms with Gasteiger partial charge in [0.25, 0.3) is 0 Å². The molecular weight excluding hydrogens is 248 g/mol. The second-order valence-electron chi connectivity index (χ2n) is 5.99. The number of hydrogen-bond donors (Lipinski definition) is 4. The molecule has 1 saturated carbocycles. The van der Waals surface area contributed by atoms with Crippen molar-refractivity contribution < 1.29 is 19.8 Å². The number of carboxylic acids is 1. The van der Waals surface area contributed by atoms with Crippen molar-refractivity contribution in [2.45, 2.75) is 51.6 Å². The summed E-state index contributed by atoms with van der Waals surface area (Å²) in [5.74, 6) is -1.35. The topological polar surface area (TPSA) is 98.7 Å². The molecule has 1 fully saturated rings. The molecule has 4 N–H and O–H groups in total. The Labute approximate surface area is 113 Å². The summed E-state index contributed by atoms with van der Waals surface area (Å²) in [5, 5.41) is 23.3. The van der Waals surface area contributed by atoms with Crippen molar-refractivity contribution in [3.05, 3.63) is 0 Å². The number of amides is 2. The maximum Gasteiger partial charge on any atom is 0.337 e. The Morgan fingerprint density at radius 2 is 1.79 bits per heavy atom. The molecule has 1 aliphatic rings. The van der Waals surface area contributed by atoms with Gasteiger partial charge in [-0.3, -0.25) is 0 Å². The van der Waals surface area contributed by atoms with Crippen molar-refractivity contribution in [2.24, 2.45) is 5.41 Å². The summed E-state index contributed by atoms with van der Waals surface area (Å²) in [7, 11) is 0. The molecule has 0 bridgehead atoms. The highest BCUT2D eigenvalue weighted by Gasteiger charge is 2.31. The molecule has 0 aromatic carbocycles. The minimum Gasteiger partial charge on any atom is -0.479 e. The van der Waals surface area contributed by atoms with E-state index in [-0.39, 0.29) is 12.0 Å². The van der Waals surface area contributed by atoms with Crippen LogP contribution in [0.5, 0.6) is 0 Å². The van der Waals surface area contributed by atoms with Crippen molar-refractivity contribution in [2.75, 3.05) is 13.1 Å². The Morgan fingerprint density at radius 1 is 1.21 bits per heavy atom. The quantitative estimate of drug-likeness (QED) is 0.602. The third-order valence-electron chi connectivity index (χ3n) is 3.79. The molecule has 0 radical (unpaired) electrons. The number of urea groups is 1. The second kappa shape index (κ2) is 6.23. The number of aliphatic hydroxyl groups is 1. The van der Waals surface area contributed by atoms with Gasteiger partial charge in [-0.2, -0.15) is 0 Å².